The minimum atomic E-state index is -0.973. The number of ether oxygens (including phenoxy) is 3. The summed E-state index contributed by atoms with van der Waals surface area (Å²) in [4.78, 5) is 13.8. The monoisotopic (exact) mass is 366 g/mol. The molecule has 2 aromatic rings. The summed E-state index contributed by atoms with van der Waals surface area (Å²) < 4.78 is 42.0. The number of hydrogen-bond donors (Lipinski definition) is 1. The lowest BCUT2D eigenvalue weighted by molar-refractivity contribution is -0.114. The van der Waals surface area contributed by atoms with E-state index in [2.05, 4.69) is 5.32 Å². The van der Waals surface area contributed by atoms with Gasteiger partial charge in [-0.05, 0) is 12.1 Å². The van der Waals surface area contributed by atoms with Crippen LogP contribution in [0.2, 0.25) is 0 Å². The predicted octanol–water partition coefficient (Wildman–Crippen LogP) is 3.07. The van der Waals surface area contributed by atoms with Crippen LogP contribution in [0.25, 0.3) is 0 Å². The van der Waals surface area contributed by atoms with Gasteiger partial charge in [-0.25, -0.2) is 8.78 Å². The van der Waals surface area contributed by atoms with Crippen molar-refractivity contribution >= 4 is 17.3 Å². The van der Waals surface area contributed by atoms with Crippen LogP contribution in [-0.2, 0) is 4.79 Å². The summed E-state index contributed by atoms with van der Waals surface area (Å²) in [6, 6.07) is 6.62. The Bertz CT molecular complexity index is 774. The van der Waals surface area contributed by atoms with Gasteiger partial charge in [-0.15, -0.1) is 0 Å². The van der Waals surface area contributed by atoms with Crippen molar-refractivity contribution in [2.75, 3.05) is 45.1 Å². The normalized spacial score (nSPS) is 10.2. The highest BCUT2D eigenvalue weighted by Gasteiger charge is 2.15. The van der Waals surface area contributed by atoms with E-state index in [1.807, 2.05) is 0 Å². The first-order valence-electron chi connectivity index (χ1n) is 7.65. The molecule has 0 fully saturated rings. The number of carbonyl (C=O) groups is 1. The fourth-order valence-corrected chi connectivity index (χ4v) is 2.38. The van der Waals surface area contributed by atoms with Crippen LogP contribution in [-0.4, -0.2) is 40.8 Å². The molecule has 0 spiro atoms. The summed E-state index contributed by atoms with van der Waals surface area (Å²) in [7, 11) is 6.02. The van der Waals surface area contributed by atoms with Crippen LogP contribution in [0.15, 0.2) is 30.3 Å². The number of carbonyl (C=O) groups excluding carboxylic acids is 1. The highest BCUT2D eigenvalue weighted by Crippen LogP contribution is 2.39. The lowest BCUT2D eigenvalue weighted by Gasteiger charge is -2.19. The van der Waals surface area contributed by atoms with Crippen molar-refractivity contribution < 1.29 is 27.8 Å². The zero-order chi connectivity index (χ0) is 19.3. The summed E-state index contributed by atoms with van der Waals surface area (Å²) in [5.41, 5.74) is 0.826. The summed E-state index contributed by atoms with van der Waals surface area (Å²) in [5.74, 6) is -1.06. The van der Waals surface area contributed by atoms with Gasteiger partial charge >= 0.3 is 0 Å². The maximum Gasteiger partial charge on any atom is 0.243 e. The van der Waals surface area contributed by atoms with E-state index in [0.717, 1.165) is 12.1 Å². The number of benzene rings is 2. The largest absolute Gasteiger partial charge is 0.493 e. The molecule has 0 radical (unpaired) electrons. The number of amides is 1. The molecule has 0 unspecified atom stereocenters. The molecule has 0 aromatic heterocycles. The summed E-state index contributed by atoms with van der Waals surface area (Å²) >= 11 is 0. The average molecular weight is 366 g/mol. The van der Waals surface area contributed by atoms with Gasteiger partial charge in [-0.1, -0.05) is 0 Å². The number of halogens is 2. The van der Waals surface area contributed by atoms with Crippen LogP contribution in [0.1, 0.15) is 0 Å². The number of rotatable bonds is 7. The molecule has 0 saturated heterocycles. The molecule has 0 aliphatic heterocycles. The Morgan fingerprint density at radius 1 is 1.00 bits per heavy atom. The lowest BCUT2D eigenvalue weighted by Crippen LogP contribution is -2.30. The number of nitrogens with one attached hydrogen (secondary N) is 1. The highest BCUT2D eigenvalue weighted by molar-refractivity contribution is 5.94. The molecule has 0 heterocycles. The molecule has 0 saturated carbocycles. The van der Waals surface area contributed by atoms with Gasteiger partial charge in [-0.2, -0.15) is 0 Å². The fourth-order valence-electron chi connectivity index (χ4n) is 2.38. The zero-order valence-electron chi connectivity index (χ0n) is 14.9. The third-order valence-corrected chi connectivity index (χ3v) is 3.67. The molecule has 0 aliphatic rings. The van der Waals surface area contributed by atoms with E-state index < -0.39 is 11.6 Å². The van der Waals surface area contributed by atoms with E-state index in [1.165, 1.54) is 32.3 Å². The Labute approximate surface area is 150 Å². The van der Waals surface area contributed by atoms with Crippen molar-refractivity contribution in [2.45, 2.75) is 0 Å². The molecule has 8 heteroatoms. The molecule has 1 amide bonds. The zero-order valence-corrected chi connectivity index (χ0v) is 14.9. The second-order valence-electron chi connectivity index (χ2n) is 5.42. The van der Waals surface area contributed by atoms with Crippen molar-refractivity contribution in [2.24, 2.45) is 0 Å². The highest BCUT2D eigenvalue weighted by atomic mass is 19.2. The van der Waals surface area contributed by atoms with Gasteiger partial charge in [0.1, 0.15) is 0 Å². The quantitative estimate of drug-likeness (QED) is 0.816. The van der Waals surface area contributed by atoms with E-state index in [1.54, 1.807) is 19.2 Å². The molecule has 0 atom stereocenters. The van der Waals surface area contributed by atoms with Crippen LogP contribution in [0.3, 0.4) is 0 Å². The molecule has 2 aromatic carbocycles. The summed E-state index contributed by atoms with van der Waals surface area (Å²) in [5, 5.41) is 2.71. The Balaban J connectivity index is 2.12. The Morgan fingerprint density at radius 2 is 1.62 bits per heavy atom. The summed E-state index contributed by atoms with van der Waals surface area (Å²) in [6.07, 6.45) is 0. The fraction of sp³-hybridized carbons (Fsp3) is 0.278. The number of methoxy groups -OCH3 is 3. The van der Waals surface area contributed by atoms with Gasteiger partial charge in [0.15, 0.2) is 23.1 Å². The van der Waals surface area contributed by atoms with Crippen molar-refractivity contribution in [1.29, 1.82) is 0 Å². The van der Waals surface area contributed by atoms with Crippen LogP contribution in [0.5, 0.6) is 17.2 Å². The molecular formula is C18H20F2N2O4. The average Bonchev–Trinajstić information content (AvgIpc) is 2.62. The molecular weight excluding hydrogens is 346 g/mol. The first-order chi connectivity index (χ1) is 12.4. The number of nitrogens with zero attached hydrogens (tertiary/aromatic N) is 1. The maximum absolute atomic E-state index is 13.3. The second kappa shape index (κ2) is 8.37. The summed E-state index contributed by atoms with van der Waals surface area (Å²) in [6.45, 7) is -0.0677. The molecule has 1 N–H and O–H groups in total. The number of anilines is 2. The molecule has 140 valence electrons. The van der Waals surface area contributed by atoms with Gasteiger partial charge in [-0.3, -0.25) is 4.79 Å². The third kappa shape index (κ3) is 4.33. The van der Waals surface area contributed by atoms with E-state index in [9.17, 15) is 13.6 Å². The predicted molar refractivity (Wildman–Crippen MR) is 94.4 cm³/mol. The Hall–Kier alpha value is -3.03. The lowest BCUT2D eigenvalue weighted by atomic mass is 10.2. The van der Waals surface area contributed by atoms with Gasteiger partial charge in [0.25, 0.3) is 0 Å². The van der Waals surface area contributed by atoms with Crippen molar-refractivity contribution in [1.82, 2.24) is 0 Å². The van der Waals surface area contributed by atoms with E-state index in [4.69, 9.17) is 14.2 Å². The smallest absolute Gasteiger partial charge is 0.243 e. The van der Waals surface area contributed by atoms with Crippen LogP contribution in [0, 0.1) is 11.6 Å². The standard InChI is InChI=1S/C18H20F2N2O4/c1-22(12-5-6-13(19)14(20)9-12)10-17(23)21-11-7-15(24-2)18(26-4)16(8-11)25-3/h5-9H,10H2,1-4H3,(H,21,23). The maximum atomic E-state index is 13.3. The Morgan fingerprint density at radius 3 is 2.12 bits per heavy atom. The van der Waals surface area contributed by atoms with Gasteiger partial charge in [0, 0.05) is 36.6 Å². The Kier molecular flexibility index (Phi) is 6.21. The van der Waals surface area contributed by atoms with Gasteiger partial charge in [0.05, 0.1) is 27.9 Å². The van der Waals surface area contributed by atoms with Crippen LogP contribution in [0.4, 0.5) is 20.2 Å². The van der Waals surface area contributed by atoms with E-state index >= 15 is 0 Å². The minimum Gasteiger partial charge on any atom is -0.493 e. The molecule has 26 heavy (non-hydrogen) atoms. The van der Waals surface area contributed by atoms with Crippen LogP contribution >= 0.6 is 0 Å². The number of likely N-dealkylation sites (N-methyl/N-ethyl adjacent to an activating group) is 1. The van der Waals surface area contributed by atoms with Gasteiger partial charge < -0.3 is 24.4 Å². The van der Waals surface area contributed by atoms with Crippen molar-refractivity contribution in [3.05, 3.63) is 42.0 Å². The van der Waals surface area contributed by atoms with Crippen molar-refractivity contribution in [3.63, 3.8) is 0 Å². The first kappa shape index (κ1) is 19.3. The SMILES string of the molecule is COc1cc(NC(=O)CN(C)c2ccc(F)c(F)c2)cc(OC)c1OC. The third-order valence-electron chi connectivity index (χ3n) is 3.67. The van der Waals surface area contributed by atoms with Crippen molar-refractivity contribution in [3.8, 4) is 17.2 Å². The first-order valence-corrected chi connectivity index (χ1v) is 7.65. The van der Waals surface area contributed by atoms with Crippen LogP contribution < -0.4 is 24.4 Å². The molecule has 0 bridgehead atoms. The molecule has 2 rings (SSSR count). The molecule has 6 nitrogen and oxygen atoms in total. The molecule has 0 aliphatic carbocycles. The number of hydrogen-bond acceptors (Lipinski definition) is 5. The van der Waals surface area contributed by atoms with E-state index in [0.29, 0.717) is 28.6 Å². The van der Waals surface area contributed by atoms with E-state index in [-0.39, 0.29) is 12.5 Å². The second-order valence-corrected chi connectivity index (χ2v) is 5.42. The minimum absolute atomic E-state index is 0.0677. The van der Waals surface area contributed by atoms with Gasteiger partial charge in [0.2, 0.25) is 11.7 Å². The topological polar surface area (TPSA) is 60.0 Å².